The minimum absolute atomic E-state index is 0.0732. The van der Waals surface area contributed by atoms with E-state index in [0.717, 1.165) is 16.4 Å². The molecule has 9 heteroatoms. The first-order valence-corrected chi connectivity index (χ1v) is 8.84. The average Bonchev–Trinajstić information content (AvgIpc) is 2.53. The molecular weight excluding hydrogens is 341 g/mol. The van der Waals surface area contributed by atoms with Gasteiger partial charge in [-0.3, -0.25) is 4.79 Å². The molecule has 1 aromatic carbocycles. The minimum Gasteiger partial charge on any atom is -0.493 e. The Morgan fingerprint density at radius 3 is 2.42 bits per heavy atom. The number of halogens is 1. The van der Waals surface area contributed by atoms with E-state index >= 15 is 0 Å². The molecule has 1 heterocycles. The average molecular weight is 361 g/mol. The van der Waals surface area contributed by atoms with Crippen molar-refractivity contribution in [2.75, 3.05) is 20.8 Å². The van der Waals surface area contributed by atoms with Crippen LogP contribution in [0.5, 0.6) is 11.5 Å². The Hall–Kier alpha value is -1.87. The monoisotopic (exact) mass is 361 g/mol. The lowest BCUT2D eigenvalue weighted by molar-refractivity contribution is -0.144. The number of piperidine rings is 1. The Balaban J connectivity index is 2.48. The lowest BCUT2D eigenvalue weighted by atomic mass is 9.92. The summed E-state index contributed by atoms with van der Waals surface area (Å²) < 4.78 is 51.1. The van der Waals surface area contributed by atoms with Crippen LogP contribution in [0.3, 0.4) is 0 Å². The molecule has 0 spiro atoms. The van der Waals surface area contributed by atoms with Crippen LogP contribution in [0, 0.1) is 11.7 Å². The number of ether oxygens (including phenoxy) is 2. The van der Waals surface area contributed by atoms with E-state index in [1.807, 2.05) is 0 Å². The number of benzene rings is 1. The molecule has 0 radical (unpaired) electrons. The van der Waals surface area contributed by atoms with Gasteiger partial charge in [0.1, 0.15) is 10.7 Å². The van der Waals surface area contributed by atoms with Gasteiger partial charge in [-0.15, -0.1) is 0 Å². The van der Waals surface area contributed by atoms with Crippen LogP contribution in [0.15, 0.2) is 17.0 Å². The number of nitrogens with zero attached hydrogens (tertiary/aromatic N) is 1. The number of methoxy groups -OCH3 is 2. The van der Waals surface area contributed by atoms with E-state index < -0.39 is 38.7 Å². The Kier molecular flexibility index (Phi) is 5.34. The smallest absolute Gasteiger partial charge is 0.308 e. The van der Waals surface area contributed by atoms with Crippen molar-refractivity contribution in [3.05, 3.63) is 17.9 Å². The first-order chi connectivity index (χ1) is 11.2. The second-order valence-corrected chi connectivity index (χ2v) is 7.44. The maximum atomic E-state index is 14.3. The van der Waals surface area contributed by atoms with Crippen LogP contribution in [-0.4, -0.2) is 50.6 Å². The maximum Gasteiger partial charge on any atom is 0.308 e. The first-order valence-electron chi connectivity index (χ1n) is 7.40. The lowest BCUT2D eigenvalue weighted by Crippen LogP contribution is -2.49. The van der Waals surface area contributed by atoms with Crippen LogP contribution in [-0.2, 0) is 14.8 Å². The summed E-state index contributed by atoms with van der Waals surface area (Å²) in [5.74, 6) is -2.70. The molecule has 7 nitrogen and oxygen atoms in total. The van der Waals surface area contributed by atoms with E-state index in [4.69, 9.17) is 9.47 Å². The van der Waals surface area contributed by atoms with Gasteiger partial charge in [0.25, 0.3) is 0 Å². The molecule has 24 heavy (non-hydrogen) atoms. The summed E-state index contributed by atoms with van der Waals surface area (Å²) >= 11 is 0. The summed E-state index contributed by atoms with van der Waals surface area (Å²) in [5.41, 5.74) is 0. The molecule has 1 saturated heterocycles. The van der Waals surface area contributed by atoms with E-state index in [1.54, 1.807) is 0 Å². The predicted octanol–water partition coefficient (Wildman–Crippen LogP) is 1.72. The van der Waals surface area contributed by atoms with Gasteiger partial charge in [-0.2, -0.15) is 4.31 Å². The Morgan fingerprint density at radius 1 is 1.29 bits per heavy atom. The molecule has 2 rings (SSSR count). The van der Waals surface area contributed by atoms with Crippen LogP contribution >= 0.6 is 0 Å². The number of rotatable bonds is 5. The fourth-order valence-electron chi connectivity index (χ4n) is 2.94. The molecule has 0 bridgehead atoms. The molecule has 1 aliphatic heterocycles. The summed E-state index contributed by atoms with van der Waals surface area (Å²) in [6, 6.07) is 1.23. The molecule has 1 fully saturated rings. The predicted molar refractivity (Wildman–Crippen MR) is 83.2 cm³/mol. The van der Waals surface area contributed by atoms with Gasteiger partial charge in [-0.25, -0.2) is 12.8 Å². The number of carboxylic acid groups (broad SMARTS) is 1. The highest BCUT2D eigenvalue weighted by atomic mass is 32.2. The van der Waals surface area contributed by atoms with Gasteiger partial charge in [0.2, 0.25) is 10.0 Å². The fourth-order valence-corrected chi connectivity index (χ4v) is 4.71. The van der Waals surface area contributed by atoms with Crippen molar-refractivity contribution in [3.63, 3.8) is 0 Å². The topological polar surface area (TPSA) is 93.1 Å². The zero-order valence-corrected chi connectivity index (χ0v) is 14.5. The van der Waals surface area contributed by atoms with Gasteiger partial charge >= 0.3 is 5.97 Å². The minimum atomic E-state index is -4.21. The normalized spacial score (nSPS) is 22.2. The summed E-state index contributed by atoms with van der Waals surface area (Å²) in [5, 5.41) is 9.24. The first kappa shape index (κ1) is 18.5. The molecule has 2 atom stereocenters. The number of aliphatic carboxylic acids is 1. The van der Waals surface area contributed by atoms with Crippen molar-refractivity contribution in [1.29, 1.82) is 0 Å². The second kappa shape index (κ2) is 6.94. The van der Waals surface area contributed by atoms with Gasteiger partial charge in [-0.05, 0) is 19.8 Å². The lowest BCUT2D eigenvalue weighted by Gasteiger charge is -2.36. The Morgan fingerprint density at radius 2 is 1.88 bits per heavy atom. The molecule has 0 amide bonds. The van der Waals surface area contributed by atoms with Crippen LogP contribution in [0.25, 0.3) is 0 Å². The molecule has 0 aliphatic carbocycles. The summed E-state index contributed by atoms with van der Waals surface area (Å²) in [7, 11) is -1.58. The van der Waals surface area contributed by atoms with E-state index in [9.17, 15) is 22.7 Å². The van der Waals surface area contributed by atoms with Crippen molar-refractivity contribution < 1.29 is 32.2 Å². The van der Waals surface area contributed by atoms with Crippen molar-refractivity contribution >= 4 is 16.0 Å². The maximum absolute atomic E-state index is 14.3. The largest absolute Gasteiger partial charge is 0.493 e. The molecule has 1 aromatic rings. The number of carboxylic acids is 1. The van der Waals surface area contributed by atoms with Gasteiger partial charge in [0, 0.05) is 24.7 Å². The third-order valence-corrected chi connectivity index (χ3v) is 6.27. The third-order valence-electron chi connectivity index (χ3n) is 4.27. The van der Waals surface area contributed by atoms with Gasteiger partial charge in [0.15, 0.2) is 11.5 Å². The highest BCUT2D eigenvalue weighted by Crippen LogP contribution is 2.35. The highest BCUT2D eigenvalue weighted by Gasteiger charge is 2.40. The molecule has 134 valence electrons. The highest BCUT2D eigenvalue weighted by molar-refractivity contribution is 7.89. The Bertz CT molecular complexity index is 736. The van der Waals surface area contributed by atoms with Crippen molar-refractivity contribution in [3.8, 4) is 11.5 Å². The second-order valence-electron chi connectivity index (χ2n) is 5.58. The molecule has 0 saturated carbocycles. The molecule has 1 aliphatic rings. The van der Waals surface area contributed by atoms with Crippen LogP contribution in [0.1, 0.15) is 19.8 Å². The quantitative estimate of drug-likeness (QED) is 0.858. The van der Waals surface area contributed by atoms with E-state index in [1.165, 1.54) is 21.1 Å². The number of sulfonamides is 1. The third kappa shape index (κ3) is 3.18. The van der Waals surface area contributed by atoms with Crippen molar-refractivity contribution in [1.82, 2.24) is 4.31 Å². The standard InChI is InChI=1S/C15H20FNO6S/c1-9-10(15(18)19)5-4-6-17(9)24(20,21)14-8-13(23-3)12(22-2)7-11(14)16/h7-10H,4-6H2,1-3H3,(H,18,19)/t9-,10-/m0/s1. The fraction of sp³-hybridized carbons (Fsp3) is 0.533. The molecule has 1 N–H and O–H groups in total. The zero-order chi connectivity index (χ0) is 18.1. The zero-order valence-electron chi connectivity index (χ0n) is 13.7. The molecular formula is C15H20FNO6S. The SMILES string of the molecule is COc1cc(F)c(S(=O)(=O)N2CCC[C@H](C(=O)O)[C@@H]2C)cc1OC. The number of carbonyl (C=O) groups is 1. The molecule has 0 aromatic heterocycles. The van der Waals surface area contributed by atoms with Crippen molar-refractivity contribution in [2.45, 2.75) is 30.7 Å². The van der Waals surface area contributed by atoms with Crippen LogP contribution in [0.2, 0.25) is 0 Å². The Labute approximate surface area is 140 Å². The van der Waals surface area contributed by atoms with Crippen LogP contribution in [0.4, 0.5) is 4.39 Å². The number of hydrogen-bond donors (Lipinski definition) is 1. The molecule has 0 unspecified atom stereocenters. The van der Waals surface area contributed by atoms with Crippen molar-refractivity contribution in [2.24, 2.45) is 5.92 Å². The summed E-state index contributed by atoms with van der Waals surface area (Å²) in [6.07, 6.45) is 0.784. The van der Waals surface area contributed by atoms with Gasteiger partial charge in [0.05, 0.1) is 20.1 Å². The summed E-state index contributed by atoms with van der Waals surface area (Å²) in [6.45, 7) is 1.66. The van der Waals surface area contributed by atoms with E-state index in [-0.39, 0.29) is 18.0 Å². The summed E-state index contributed by atoms with van der Waals surface area (Å²) in [4.78, 5) is 10.7. The van der Waals surface area contributed by atoms with Gasteiger partial charge < -0.3 is 14.6 Å². The van der Waals surface area contributed by atoms with Crippen LogP contribution < -0.4 is 9.47 Å². The van der Waals surface area contributed by atoms with E-state index in [2.05, 4.69) is 0 Å². The van der Waals surface area contributed by atoms with E-state index in [0.29, 0.717) is 12.8 Å². The van der Waals surface area contributed by atoms with Gasteiger partial charge in [-0.1, -0.05) is 0 Å². The number of hydrogen-bond acceptors (Lipinski definition) is 5.